The lowest BCUT2D eigenvalue weighted by Gasteiger charge is -2.21. The number of alkyl halides is 6. The van der Waals surface area contributed by atoms with Gasteiger partial charge in [0.2, 0.25) is 5.91 Å². The molecule has 1 saturated heterocycles. The standard InChI is InChI=1S/C29H21ClF6N6O3S/c1-16(13-37-26(44)39-27-42(24(43)14-46-27)23-12-19(30)6-11-22(23)28(31,32)33)17-2-4-18(5-3-17)25-38-15-41(40-25)20-7-9-21(10-8-20)45-29(34,35)36/h2-12,15-16H,13-14H2,1H3,(H,37,44). The van der Waals surface area contributed by atoms with Crippen LogP contribution in [0.3, 0.4) is 0 Å². The van der Waals surface area contributed by atoms with Crippen molar-refractivity contribution in [2.45, 2.75) is 25.4 Å². The number of urea groups is 1. The number of carbonyl (C=O) groups is 2. The number of halogens is 7. The van der Waals surface area contributed by atoms with E-state index in [1.165, 1.54) is 23.1 Å². The maximum atomic E-state index is 13.6. The van der Waals surface area contributed by atoms with Crippen LogP contribution in [0.4, 0.5) is 36.8 Å². The molecular weight excluding hydrogens is 662 g/mol. The summed E-state index contributed by atoms with van der Waals surface area (Å²) >= 11 is 6.74. The Kier molecular flexibility index (Phi) is 9.30. The van der Waals surface area contributed by atoms with E-state index in [-0.39, 0.29) is 34.2 Å². The van der Waals surface area contributed by atoms with Crippen LogP contribution in [-0.4, -0.2) is 50.5 Å². The second kappa shape index (κ2) is 13.0. The summed E-state index contributed by atoms with van der Waals surface area (Å²) in [6.45, 7) is 1.96. The van der Waals surface area contributed by atoms with E-state index >= 15 is 0 Å². The Hall–Kier alpha value is -4.57. The van der Waals surface area contributed by atoms with Crippen molar-refractivity contribution in [1.82, 2.24) is 20.1 Å². The van der Waals surface area contributed by atoms with Crippen LogP contribution >= 0.6 is 23.4 Å². The number of benzene rings is 3. The molecule has 17 heteroatoms. The summed E-state index contributed by atoms with van der Waals surface area (Å²) in [6, 6.07) is 14.2. The predicted molar refractivity (Wildman–Crippen MR) is 159 cm³/mol. The fraction of sp³-hybridized carbons (Fsp3) is 0.207. The maximum absolute atomic E-state index is 13.6. The molecule has 2 heterocycles. The first-order chi connectivity index (χ1) is 21.7. The maximum Gasteiger partial charge on any atom is 0.573 e. The second-order valence-electron chi connectivity index (χ2n) is 9.83. The molecule has 3 aromatic carbocycles. The van der Waals surface area contributed by atoms with E-state index in [9.17, 15) is 35.9 Å². The minimum absolute atomic E-state index is 0.0198. The van der Waals surface area contributed by atoms with E-state index in [2.05, 4.69) is 25.1 Å². The molecule has 1 atom stereocenters. The molecular formula is C29H21ClF6N6O3S. The lowest BCUT2D eigenvalue weighted by Crippen LogP contribution is -2.33. The quantitative estimate of drug-likeness (QED) is 0.203. The minimum atomic E-state index is -4.80. The molecule has 0 bridgehead atoms. The van der Waals surface area contributed by atoms with Crippen molar-refractivity contribution in [3.8, 4) is 22.8 Å². The summed E-state index contributed by atoms with van der Waals surface area (Å²) in [5.41, 5.74) is 0.354. The van der Waals surface area contributed by atoms with Gasteiger partial charge in [-0.25, -0.2) is 14.5 Å². The van der Waals surface area contributed by atoms with Crippen molar-refractivity contribution in [2.24, 2.45) is 4.99 Å². The SMILES string of the molecule is CC(CNC(=O)N=C1SCC(=O)N1c1cc(Cl)ccc1C(F)(F)F)c1ccc(-c2ncn(-c3ccc(OC(F)(F)F)cc3)n2)cc1. The smallest absolute Gasteiger partial charge is 0.406 e. The number of hydrogen-bond donors (Lipinski definition) is 1. The van der Waals surface area contributed by atoms with Crippen molar-refractivity contribution in [2.75, 3.05) is 17.2 Å². The molecule has 1 aliphatic heterocycles. The number of thioether (sulfide) groups is 1. The van der Waals surface area contributed by atoms with Crippen LogP contribution in [0.1, 0.15) is 24.0 Å². The summed E-state index contributed by atoms with van der Waals surface area (Å²) in [7, 11) is 0. The first-order valence-electron chi connectivity index (χ1n) is 13.2. The van der Waals surface area contributed by atoms with Gasteiger partial charge in [-0.15, -0.1) is 18.3 Å². The molecule has 3 amide bonds. The summed E-state index contributed by atoms with van der Waals surface area (Å²) < 4.78 is 83.3. The lowest BCUT2D eigenvalue weighted by molar-refractivity contribution is -0.274. The summed E-state index contributed by atoms with van der Waals surface area (Å²) in [5, 5.41) is 6.75. The number of ether oxygens (including phenoxy) is 1. The highest BCUT2D eigenvalue weighted by Gasteiger charge is 2.40. The Morgan fingerprint density at radius 1 is 1.07 bits per heavy atom. The zero-order valence-electron chi connectivity index (χ0n) is 23.4. The van der Waals surface area contributed by atoms with Gasteiger partial charge in [-0.05, 0) is 53.9 Å². The molecule has 1 fully saturated rings. The molecule has 1 unspecified atom stereocenters. The number of carbonyl (C=O) groups excluding carboxylic acids is 2. The Labute approximate surface area is 266 Å². The van der Waals surface area contributed by atoms with Crippen LogP contribution < -0.4 is 15.0 Å². The highest BCUT2D eigenvalue weighted by molar-refractivity contribution is 8.15. The molecule has 240 valence electrons. The van der Waals surface area contributed by atoms with Crippen LogP contribution in [0, 0.1) is 0 Å². The molecule has 1 aromatic heterocycles. The Morgan fingerprint density at radius 2 is 1.76 bits per heavy atom. The van der Waals surface area contributed by atoms with E-state index < -0.39 is 35.7 Å². The predicted octanol–water partition coefficient (Wildman–Crippen LogP) is 7.45. The molecule has 9 nitrogen and oxygen atoms in total. The average Bonchev–Trinajstić information content (AvgIpc) is 3.62. The monoisotopic (exact) mass is 682 g/mol. The Balaban J connectivity index is 1.21. The Morgan fingerprint density at radius 3 is 2.41 bits per heavy atom. The first-order valence-corrected chi connectivity index (χ1v) is 14.6. The van der Waals surface area contributed by atoms with Gasteiger partial charge in [0.05, 0.1) is 22.7 Å². The zero-order chi connectivity index (χ0) is 33.2. The van der Waals surface area contributed by atoms with E-state index in [0.717, 1.165) is 52.6 Å². The zero-order valence-corrected chi connectivity index (χ0v) is 25.0. The third kappa shape index (κ3) is 7.80. The normalized spacial score (nSPS) is 15.3. The number of amidine groups is 1. The summed E-state index contributed by atoms with van der Waals surface area (Å²) in [5.74, 6) is -1.09. The molecule has 46 heavy (non-hydrogen) atoms. The number of amides is 3. The molecule has 0 radical (unpaired) electrons. The molecule has 4 aromatic rings. The van der Waals surface area contributed by atoms with Gasteiger partial charge in [-0.3, -0.25) is 9.69 Å². The van der Waals surface area contributed by atoms with Gasteiger partial charge < -0.3 is 10.1 Å². The largest absolute Gasteiger partial charge is 0.573 e. The van der Waals surface area contributed by atoms with E-state index in [0.29, 0.717) is 17.1 Å². The number of aliphatic imine (C=N–C) groups is 1. The Bertz CT molecular complexity index is 1780. The average molecular weight is 683 g/mol. The van der Waals surface area contributed by atoms with Gasteiger partial charge in [0.25, 0.3) is 0 Å². The topological polar surface area (TPSA) is 102 Å². The van der Waals surface area contributed by atoms with Crippen LogP contribution in [0.15, 0.2) is 78.0 Å². The van der Waals surface area contributed by atoms with Crippen molar-refractivity contribution < 1.29 is 40.7 Å². The summed E-state index contributed by atoms with van der Waals surface area (Å²) in [6.07, 6.45) is -8.15. The fourth-order valence-corrected chi connectivity index (χ4v) is 5.40. The van der Waals surface area contributed by atoms with Crippen molar-refractivity contribution in [3.05, 3.63) is 89.2 Å². The number of hydrogen-bond acceptors (Lipinski definition) is 6. The third-order valence-corrected chi connectivity index (χ3v) is 7.75. The van der Waals surface area contributed by atoms with Crippen LogP contribution in [-0.2, 0) is 11.0 Å². The molecule has 0 saturated carbocycles. The second-order valence-corrected chi connectivity index (χ2v) is 11.2. The van der Waals surface area contributed by atoms with E-state index in [1.807, 2.05) is 6.92 Å². The molecule has 1 aliphatic rings. The van der Waals surface area contributed by atoms with Crippen molar-refractivity contribution >= 4 is 46.2 Å². The lowest BCUT2D eigenvalue weighted by atomic mass is 10.00. The van der Waals surface area contributed by atoms with Gasteiger partial charge >= 0.3 is 18.6 Å². The van der Waals surface area contributed by atoms with E-state index in [4.69, 9.17) is 11.6 Å². The number of aromatic nitrogens is 3. The molecule has 0 spiro atoms. The number of rotatable bonds is 7. The molecule has 0 aliphatic carbocycles. The first kappa shape index (κ1) is 32.8. The van der Waals surface area contributed by atoms with E-state index in [1.54, 1.807) is 24.3 Å². The van der Waals surface area contributed by atoms with Gasteiger partial charge in [0.1, 0.15) is 12.1 Å². The number of nitrogens with one attached hydrogen (secondary N) is 1. The highest BCUT2D eigenvalue weighted by atomic mass is 35.5. The molecule has 1 N–H and O–H groups in total. The van der Waals surface area contributed by atoms with Gasteiger partial charge in [-0.1, -0.05) is 54.6 Å². The van der Waals surface area contributed by atoms with Crippen LogP contribution in [0.5, 0.6) is 5.75 Å². The van der Waals surface area contributed by atoms with Crippen molar-refractivity contribution in [3.63, 3.8) is 0 Å². The fourth-order valence-electron chi connectivity index (χ4n) is 4.38. The number of anilines is 1. The minimum Gasteiger partial charge on any atom is -0.406 e. The van der Waals surface area contributed by atoms with Crippen LogP contribution in [0.25, 0.3) is 17.1 Å². The van der Waals surface area contributed by atoms with Gasteiger partial charge in [-0.2, -0.15) is 18.2 Å². The number of nitrogens with zero attached hydrogens (tertiary/aromatic N) is 5. The summed E-state index contributed by atoms with van der Waals surface area (Å²) in [4.78, 5) is 34.0. The highest BCUT2D eigenvalue weighted by Crippen LogP contribution is 2.40. The van der Waals surface area contributed by atoms with Gasteiger partial charge in [0.15, 0.2) is 11.0 Å². The van der Waals surface area contributed by atoms with Gasteiger partial charge in [0, 0.05) is 17.1 Å². The van der Waals surface area contributed by atoms with Crippen molar-refractivity contribution in [1.29, 1.82) is 0 Å². The third-order valence-electron chi connectivity index (χ3n) is 6.59. The molecule has 5 rings (SSSR count). The van der Waals surface area contributed by atoms with Crippen LogP contribution in [0.2, 0.25) is 5.02 Å².